The van der Waals surface area contributed by atoms with Gasteiger partial charge in [-0.25, -0.2) is 0 Å². The quantitative estimate of drug-likeness (QED) is 0.700. The zero-order valence-electron chi connectivity index (χ0n) is 7.19. The second-order valence-corrected chi connectivity index (χ2v) is 4.79. The molecule has 86 valence electrons. The summed E-state index contributed by atoms with van der Waals surface area (Å²) in [4.78, 5) is 0. The fraction of sp³-hybridized carbons (Fsp3) is 0.500. The van der Waals surface area contributed by atoms with Crippen LogP contribution in [0.1, 0.15) is 0 Å². The summed E-state index contributed by atoms with van der Waals surface area (Å²) in [5.74, 6) is 0. The van der Waals surface area contributed by atoms with Crippen molar-refractivity contribution in [3.8, 4) is 0 Å². The number of hydrogen-bond acceptors (Lipinski definition) is 1. The van der Waals surface area contributed by atoms with E-state index in [0.717, 1.165) is 0 Å². The van der Waals surface area contributed by atoms with Gasteiger partial charge in [0.1, 0.15) is 12.7 Å². The van der Waals surface area contributed by atoms with E-state index < -0.39 is 23.2 Å². The van der Waals surface area contributed by atoms with Crippen LogP contribution in [-0.4, -0.2) is 23.2 Å². The topological polar surface area (TPSA) is 9.23 Å². The molecule has 0 bridgehead atoms. The van der Waals surface area contributed by atoms with Crippen molar-refractivity contribution in [3.05, 3.63) is 23.3 Å². The highest BCUT2D eigenvalue weighted by Crippen LogP contribution is 2.35. The lowest BCUT2D eigenvalue weighted by atomic mass is 10.1. The number of halogens is 6. The second-order valence-electron chi connectivity index (χ2n) is 2.91. The van der Waals surface area contributed by atoms with E-state index in [2.05, 4.69) is 4.74 Å². The van der Waals surface area contributed by atoms with Gasteiger partial charge in [-0.3, -0.25) is 0 Å². The first-order valence-electron chi connectivity index (χ1n) is 3.83. The van der Waals surface area contributed by atoms with Crippen molar-refractivity contribution >= 4 is 34.8 Å². The van der Waals surface area contributed by atoms with E-state index in [0.29, 0.717) is 0 Å². The molecule has 1 rings (SSSR count). The van der Waals surface area contributed by atoms with Crippen LogP contribution >= 0.6 is 34.8 Å². The molecule has 0 N–H and O–H groups in total. The van der Waals surface area contributed by atoms with Gasteiger partial charge in [-0.1, -0.05) is 34.8 Å². The molecule has 1 aliphatic rings. The Morgan fingerprint density at radius 1 is 1.40 bits per heavy atom. The molecule has 0 fully saturated rings. The standard InChI is InChI=1S/C8H6Cl3F3O/c9-5-1-2-7(10,11)6(3-5)15-4-8(12,13)14/h1-3,6H,4H2. The van der Waals surface area contributed by atoms with Crippen LogP contribution in [0.4, 0.5) is 13.2 Å². The van der Waals surface area contributed by atoms with E-state index >= 15 is 0 Å². The van der Waals surface area contributed by atoms with Crippen molar-refractivity contribution in [2.75, 3.05) is 6.61 Å². The third-order valence-corrected chi connectivity index (χ3v) is 2.52. The zero-order valence-corrected chi connectivity index (χ0v) is 9.46. The van der Waals surface area contributed by atoms with Crippen LogP contribution in [0.5, 0.6) is 0 Å². The Morgan fingerprint density at radius 2 is 2.00 bits per heavy atom. The number of alkyl halides is 5. The maximum atomic E-state index is 11.9. The number of allylic oxidation sites excluding steroid dienone is 2. The lowest BCUT2D eigenvalue weighted by Gasteiger charge is -2.27. The molecule has 1 atom stereocenters. The van der Waals surface area contributed by atoms with Gasteiger partial charge >= 0.3 is 6.18 Å². The van der Waals surface area contributed by atoms with Gasteiger partial charge in [0, 0.05) is 5.03 Å². The predicted molar refractivity (Wildman–Crippen MR) is 53.3 cm³/mol. The van der Waals surface area contributed by atoms with Crippen LogP contribution in [0.25, 0.3) is 0 Å². The van der Waals surface area contributed by atoms with E-state index in [4.69, 9.17) is 34.8 Å². The second kappa shape index (κ2) is 4.53. The van der Waals surface area contributed by atoms with Gasteiger partial charge in [0.2, 0.25) is 0 Å². The number of rotatable bonds is 2. The van der Waals surface area contributed by atoms with Crippen molar-refractivity contribution in [1.82, 2.24) is 0 Å². The number of hydrogen-bond donors (Lipinski definition) is 0. The third kappa shape index (κ3) is 4.23. The minimum atomic E-state index is -4.43. The van der Waals surface area contributed by atoms with Crippen LogP contribution in [0.2, 0.25) is 0 Å². The highest BCUT2D eigenvalue weighted by Gasteiger charge is 2.37. The summed E-state index contributed by atoms with van der Waals surface area (Å²) < 4.78 is 38.6. The molecule has 0 aromatic rings. The molecule has 0 saturated carbocycles. The molecule has 1 nitrogen and oxygen atoms in total. The summed E-state index contributed by atoms with van der Waals surface area (Å²) in [5.41, 5.74) is 0. The molecule has 0 radical (unpaired) electrons. The maximum Gasteiger partial charge on any atom is 0.411 e. The van der Waals surface area contributed by atoms with Gasteiger partial charge in [0.05, 0.1) is 0 Å². The van der Waals surface area contributed by atoms with Gasteiger partial charge in [-0.05, 0) is 18.2 Å². The predicted octanol–water partition coefficient (Wildman–Crippen LogP) is 3.80. The molecule has 0 spiro atoms. The zero-order chi connectivity index (χ0) is 11.7. The van der Waals surface area contributed by atoms with Crippen LogP contribution in [0.3, 0.4) is 0 Å². The van der Waals surface area contributed by atoms with Crippen molar-refractivity contribution in [1.29, 1.82) is 0 Å². The van der Waals surface area contributed by atoms with Crippen molar-refractivity contribution in [3.63, 3.8) is 0 Å². The fourth-order valence-electron chi connectivity index (χ4n) is 0.940. The first kappa shape index (κ1) is 13.2. The molecular weight excluding hydrogens is 275 g/mol. The summed E-state index contributed by atoms with van der Waals surface area (Å²) in [6, 6.07) is 0. The normalized spacial score (nSPS) is 25.2. The molecule has 0 aliphatic heterocycles. The molecular formula is C8H6Cl3F3O. The summed E-state index contributed by atoms with van der Waals surface area (Å²) in [7, 11) is 0. The first-order valence-corrected chi connectivity index (χ1v) is 4.97. The van der Waals surface area contributed by atoms with Crippen molar-refractivity contribution in [2.45, 2.75) is 16.6 Å². The molecule has 1 aliphatic carbocycles. The Labute approximate surface area is 99.4 Å². The molecule has 1 unspecified atom stereocenters. The monoisotopic (exact) mass is 280 g/mol. The highest BCUT2D eigenvalue weighted by atomic mass is 35.5. The Bertz CT molecular complexity index is 296. The van der Waals surface area contributed by atoms with E-state index in [1.807, 2.05) is 0 Å². The van der Waals surface area contributed by atoms with E-state index in [9.17, 15) is 13.2 Å². The minimum absolute atomic E-state index is 0.235. The third-order valence-electron chi connectivity index (χ3n) is 1.58. The molecule has 0 amide bonds. The Balaban J connectivity index is 2.64. The molecule has 0 aromatic carbocycles. The smallest absolute Gasteiger partial charge is 0.361 e. The molecule has 0 heterocycles. The van der Waals surface area contributed by atoms with Crippen LogP contribution in [0.15, 0.2) is 23.3 Å². The summed E-state index contributed by atoms with van der Waals surface area (Å²) >= 11 is 17.0. The van der Waals surface area contributed by atoms with Crippen LogP contribution < -0.4 is 0 Å². The van der Waals surface area contributed by atoms with E-state index in [1.165, 1.54) is 18.2 Å². The van der Waals surface area contributed by atoms with Crippen molar-refractivity contribution in [2.24, 2.45) is 0 Å². The average Bonchev–Trinajstić information content (AvgIpc) is 2.05. The maximum absolute atomic E-state index is 11.9. The summed E-state index contributed by atoms with van der Waals surface area (Å²) in [5, 5.41) is 0.235. The van der Waals surface area contributed by atoms with Crippen molar-refractivity contribution < 1.29 is 17.9 Å². The Morgan fingerprint density at radius 3 is 2.53 bits per heavy atom. The van der Waals surface area contributed by atoms with Gasteiger partial charge in [0.15, 0.2) is 4.33 Å². The largest absolute Gasteiger partial charge is 0.411 e. The van der Waals surface area contributed by atoms with Gasteiger partial charge < -0.3 is 4.74 Å². The van der Waals surface area contributed by atoms with Crippen LogP contribution in [0, 0.1) is 0 Å². The molecule has 0 saturated heterocycles. The minimum Gasteiger partial charge on any atom is -0.361 e. The molecule has 0 aromatic heterocycles. The number of ether oxygens (including phenoxy) is 1. The summed E-state index contributed by atoms with van der Waals surface area (Å²) in [6.45, 7) is -1.42. The fourth-order valence-corrected chi connectivity index (χ4v) is 1.50. The molecule has 7 heteroatoms. The average molecular weight is 281 g/mol. The van der Waals surface area contributed by atoms with Gasteiger partial charge in [-0.2, -0.15) is 13.2 Å². The first-order chi connectivity index (χ1) is 6.71. The lowest BCUT2D eigenvalue weighted by Crippen LogP contribution is -2.35. The van der Waals surface area contributed by atoms with E-state index in [1.54, 1.807) is 0 Å². The van der Waals surface area contributed by atoms with E-state index in [-0.39, 0.29) is 5.03 Å². The van der Waals surface area contributed by atoms with Crippen LogP contribution in [-0.2, 0) is 4.74 Å². The Hall–Kier alpha value is 0.1000. The van der Waals surface area contributed by atoms with Gasteiger partial charge in [-0.15, -0.1) is 0 Å². The highest BCUT2D eigenvalue weighted by molar-refractivity contribution is 6.50. The lowest BCUT2D eigenvalue weighted by molar-refractivity contribution is -0.181. The summed E-state index contributed by atoms with van der Waals surface area (Å²) in [6.07, 6.45) is -1.63. The Kier molecular flexibility index (Phi) is 3.98. The molecule has 15 heavy (non-hydrogen) atoms. The van der Waals surface area contributed by atoms with Gasteiger partial charge in [0.25, 0.3) is 0 Å². The SMILES string of the molecule is FC(F)(F)COC1C=C(Cl)C=CC1(Cl)Cl.